The first kappa shape index (κ1) is 47.6. The highest BCUT2D eigenvalue weighted by Crippen LogP contribution is 2.34. The molecule has 19 heteroatoms. The summed E-state index contributed by atoms with van der Waals surface area (Å²) in [5.74, 6) is -0.898. The number of methoxy groups -OCH3 is 1. The zero-order chi connectivity index (χ0) is 46.9. The Kier molecular flexibility index (Phi) is 15.5. The first-order valence-electron chi connectivity index (χ1n) is 19.4. The molecule has 65 heavy (non-hydrogen) atoms. The largest absolute Gasteiger partial charge is 0.497 e. The summed E-state index contributed by atoms with van der Waals surface area (Å²) < 4.78 is 49.8. The third-order valence-electron chi connectivity index (χ3n) is 9.62. The van der Waals surface area contributed by atoms with Crippen LogP contribution in [0.25, 0.3) is 0 Å². The molecular formula is C46H40F2I2N8O7. The molecule has 4 heterocycles. The zero-order valence-corrected chi connectivity index (χ0v) is 39.7. The number of ether oxygens (including phenoxy) is 3. The number of carbonyl (C=O) groups excluding carboxylic acids is 2. The molecule has 15 nitrogen and oxygen atoms in total. The van der Waals surface area contributed by atoms with E-state index in [1.807, 2.05) is 57.3 Å². The number of halogens is 4. The number of anilines is 4. The molecule has 0 aliphatic heterocycles. The number of hydrogen-bond acceptors (Lipinski definition) is 11. The average Bonchev–Trinajstić information content (AvgIpc) is 3.27. The molecule has 0 aliphatic carbocycles. The van der Waals surface area contributed by atoms with Crippen molar-refractivity contribution in [3.8, 4) is 28.7 Å². The number of amides is 2. The molecule has 4 aromatic heterocycles. The van der Waals surface area contributed by atoms with Crippen LogP contribution < -0.4 is 47.0 Å². The van der Waals surface area contributed by atoms with Gasteiger partial charge in [-0.2, -0.15) is 0 Å². The van der Waals surface area contributed by atoms with E-state index in [0.29, 0.717) is 35.8 Å². The second-order valence-corrected chi connectivity index (χ2v) is 16.5. The van der Waals surface area contributed by atoms with Gasteiger partial charge in [-0.25, -0.2) is 8.78 Å². The fourth-order valence-corrected chi connectivity index (χ4v) is 7.01. The van der Waals surface area contributed by atoms with E-state index in [2.05, 4.69) is 25.9 Å². The zero-order valence-electron chi connectivity index (χ0n) is 35.3. The van der Waals surface area contributed by atoms with Crippen molar-refractivity contribution in [3.05, 3.63) is 177 Å². The number of nitrogens with zero attached hydrogens (tertiary/aromatic N) is 4. The van der Waals surface area contributed by atoms with Crippen molar-refractivity contribution < 1.29 is 32.6 Å². The van der Waals surface area contributed by atoms with Gasteiger partial charge in [0.2, 0.25) is 0 Å². The van der Waals surface area contributed by atoms with Crippen molar-refractivity contribution in [3.63, 3.8) is 0 Å². The number of hydrogen-bond donors (Lipinski definition) is 4. The van der Waals surface area contributed by atoms with Crippen LogP contribution in [0.15, 0.2) is 119 Å². The van der Waals surface area contributed by atoms with Crippen molar-refractivity contribution in [2.24, 2.45) is 19.8 Å². The summed E-state index contributed by atoms with van der Waals surface area (Å²) in [6, 6.07) is 25.4. The number of carbonyl (C=O) groups is 2. The molecule has 5 N–H and O–H groups in total. The molecule has 2 amide bonds. The van der Waals surface area contributed by atoms with E-state index in [9.17, 15) is 28.0 Å². The van der Waals surface area contributed by atoms with Gasteiger partial charge in [0.05, 0.1) is 29.9 Å². The van der Waals surface area contributed by atoms with Gasteiger partial charge in [0.15, 0.2) is 0 Å². The summed E-state index contributed by atoms with van der Waals surface area (Å²) in [4.78, 5) is 59.4. The van der Waals surface area contributed by atoms with Crippen molar-refractivity contribution in [1.82, 2.24) is 24.4 Å². The predicted octanol–water partition coefficient (Wildman–Crippen LogP) is 8.77. The molecule has 334 valence electrons. The minimum Gasteiger partial charge on any atom is -0.497 e. The van der Waals surface area contributed by atoms with Gasteiger partial charge in [0.1, 0.15) is 63.1 Å². The van der Waals surface area contributed by atoms with Crippen LogP contribution in [-0.2, 0) is 20.6 Å². The Hall–Kier alpha value is -6.88. The molecule has 0 radical (unpaired) electrons. The van der Waals surface area contributed by atoms with Gasteiger partial charge < -0.3 is 35.9 Å². The third kappa shape index (κ3) is 11.6. The maximum absolute atomic E-state index is 14.7. The average molecular weight is 1110 g/mol. The van der Waals surface area contributed by atoms with Gasteiger partial charge >= 0.3 is 0 Å². The summed E-state index contributed by atoms with van der Waals surface area (Å²) in [5, 5.41) is 8.58. The van der Waals surface area contributed by atoms with Gasteiger partial charge in [-0.15, -0.1) is 0 Å². The topological polar surface area (TPSA) is 194 Å². The molecule has 0 saturated heterocycles. The first-order chi connectivity index (χ1) is 31.0. The highest BCUT2D eigenvalue weighted by atomic mass is 127. The SMILES string of the molecule is COc1ccc(CNC(=O)c2c(Oc3cccnc3C)cc(=O)n(C)c2Nc2ccc(I)cc2F)cc1.Cc1ncccc1Oc1cc(=O)n(C)c(Nc2ccc(I)cc2F)c1C(N)=O. The Labute approximate surface area is 398 Å². The van der Waals surface area contributed by atoms with Crippen LogP contribution in [0, 0.1) is 32.6 Å². The highest BCUT2D eigenvalue weighted by Gasteiger charge is 2.25. The lowest BCUT2D eigenvalue weighted by Crippen LogP contribution is -2.29. The number of nitrogens with two attached hydrogens (primary N) is 1. The standard InChI is InChI=1S/C27H24FIN4O4.C19H16FIN4O3/c1-16-22(5-4-12-30-16)37-23-14-24(34)33(2)26(32-21-11-8-18(29)13-20(21)28)25(23)27(35)31-15-17-6-9-19(36-3)10-7-17;1-10-14(4-3-7-23-10)28-15-9-16(26)25(2)19(17(15)18(22)27)24-13-6-5-11(21)8-12(13)20/h4-14,32H,15H2,1-3H3,(H,31,35);3-9,24H,1-2H3,(H2,22,27). The number of nitrogens with one attached hydrogen (secondary N) is 3. The predicted molar refractivity (Wildman–Crippen MR) is 259 cm³/mol. The molecule has 0 spiro atoms. The van der Waals surface area contributed by atoms with Crippen LogP contribution in [0.4, 0.5) is 31.8 Å². The second kappa shape index (κ2) is 21.2. The van der Waals surface area contributed by atoms with Gasteiger partial charge in [-0.1, -0.05) is 12.1 Å². The van der Waals surface area contributed by atoms with Gasteiger partial charge in [-0.3, -0.25) is 38.3 Å². The molecule has 0 unspecified atom stereocenters. The molecule has 7 aromatic rings. The summed E-state index contributed by atoms with van der Waals surface area (Å²) in [5.41, 5.74) is 6.78. The van der Waals surface area contributed by atoms with Crippen LogP contribution in [0.3, 0.4) is 0 Å². The van der Waals surface area contributed by atoms with Crippen molar-refractivity contribution >= 4 is 80.0 Å². The van der Waals surface area contributed by atoms with Crippen molar-refractivity contribution in [2.75, 3.05) is 17.7 Å². The van der Waals surface area contributed by atoms with Gasteiger partial charge in [0.25, 0.3) is 22.9 Å². The van der Waals surface area contributed by atoms with Crippen molar-refractivity contribution in [1.29, 1.82) is 0 Å². The molecule has 7 rings (SSSR count). The highest BCUT2D eigenvalue weighted by molar-refractivity contribution is 14.1. The fraction of sp³-hybridized carbons (Fsp3) is 0.130. The van der Waals surface area contributed by atoms with E-state index in [-0.39, 0.29) is 52.2 Å². The molecule has 0 atom stereocenters. The monoisotopic (exact) mass is 1110 g/mol. The number of aromatic nitrogens is 4. The fourth-order valence-electron chi connectivity index (χ4n) is 6.11. The van der Waals surface area contributed by atoms with E-state index in [0.717, 1.165) is 11.6 Å². The minimum absolute atomic E-state index is 0.0138. The normalized spacial score (nSPS) is 10.6. The van der Waals surface area contributed by atoms with E-state index < -0.39 is 34.6 Å². The maximum atomic E-state index is 14.7. The van der Waals surface area contributed by atoms with Crippen molar-refractivity contribution in [2.45, 2.75) is 20.4 Å². The maximum Gasteiger partial charge on any atom is 0.259 e. The molecule has 0 fully saturated rings. The summed E-state index contributed by atoms with van der Waals surface area (Å²) in [6.07, 6.45) is 3.20. The lowest BCUT2D eigenvalue weighted by Gasteiger charge is -2.20. The van der Waals surface area contributed by atoms with Crippen LogP contribution in [0.5, 0.6) is 28.7 Å². The summed E-state index contributed by atoms with van der Waals surface area (Å²) in [7, 11) is 4.52. The first-order valence-corrected chi connectivity index (χ1v) is 21.5. The molecule has 0 aliphatic rings. The Balaban J connectivity index is 0.000000224. The lowest BCUT2D eigenvalue weighted by atomic mass is 10.1. The Morgan fingerprint density at radius 3 is 1.57 bits per heavy atom. The molecule has 0 bridgehead atoms. The van der Waals surface area contributed by atoms with Gasteiger partial charge in [0, 0.05) is 52.3 Å². The van der Waals surface area contributed by atoms with Crippen LogP contribution >= 0.6 is 45.2 Å². The van der Waals surface area contributed by atoms with Crippen LogP contribution in [0.2, 0.25) is 0 Å². The Bertz CT molecular complexity index is 3040. The van der Waals surface area contributed by atoms with E-state index in [1.165, 1.54) is 47.5 Å². The number of aryl methyl sites for hydroxylation is 2. The molecule has 3 aromatic carbocycles. The Morgan fingerprint density at radius 1 is 0.677 bits per heavy atom. The summed E-state index contributed by atoms with van der Waals surface area (Å²) >= 11 is 3.98. The summed E-state index contributed by atoms with van der Waals surface area (Å²) in [6.45, 7) is 3.68. The van der Waals surface area contributed by atoms with Crippen LogP contribution in [-0.4, -0.2) is 38.0 Å². The number of rotatable bonds is 13. The van der Waals surface area contributed by atoms with E-state index >= 15 is 0 Å². The smallest absolute Gasteiger partial charge is 0.259 e. The van der Waals surface area contributed by atoms with E-state index in [4.69, 9.17) is 19.9 Å². The number of primary amides is 1. The van der Waals surface area contributed by atoms with Gasteiger partial charge in [-0.05, 0) is 137 Å². The Morgan fingerprint density at radius 2 is 1.14 bits per heavy atom. The van der Waals surface area contributed by atoms with E-state index in [1.54, 1.807) is 87.9 Å². The number of benzene rings is 3. The second-order valence-electron chi connectivity index (χ2n) is 14.0. The van der Waals surface area contributed by atoms with Crippen LogP contribution in [0.1, 0.15) is 37.7 Å². The molecular weight excluding hydrogens is 1070 g/mol. The lowest BCUT2D eigenvalue weighted by molar-refractivity contribution is 0.0947. The third-order valence-corrected chi connectivity index (χ3v) is 11.0. The molecule has 0 saturated carbocycles. The minimum atomic E-state index is -0.833. The number of pyridine rings is 4. The quantitative estimate of drug-likeness (QED) is 0.0807.